The van der Waals surface area contributed by atoms with E-state index in [4.69, 9.17) is 28.0 Å². The fraction of sp³-hybridized carbons (Fsp3) is 0.409. The van der Waals surface area contributed by atoms with E-state index in [2.05, 4.69) is 15.2 Å². The predicted octanol–water partition coefficient (Wildman–Crippen LogP) is 0.154. The second-order valence-corrected chi connectivity index (χ2v) is 11.1. The zero-order valence-electron chi connectivity index (χ0n) is 20.3. The predicted molar refractivity (Wildman–Crippen MR) is 140 cm³/mol. The highest BCUT2D eigenvalue weighted by atomic mass is 32.2. The number of carbonyl (C=O) groups is 1. The molecule has 1 atom stereocenters. The van der Waals surface area contributed by atoms with E-state index >= 15 is 0 Å². The van der Waals surface area contributed by atoms with Crippen molar-refractivity contribution in [3.63, 3.8) is 0 Å². The third-order valence-electron chi connectivity index (χ3n) is 6.08. The highest BCUT2D eigenvalue weighted by Crippen LogP contribution is 2.31. The summed E-state index contributed by atoms with van der Waals surface area (Å²) in [6, 6.07) is 4.87. The molecule has 0 saturated carbocycles. The number of sulfonamides is 1. The fourth-order valence-electron chi connectivity index (χ4n) is 4.29. The van der Waals surface area contributed by atoms with Gasteiger partial charge in [-0.15, -0.1) is 0 Å². The van der Waals surface area contributed by atoms with Crippen LogP contribution in [0.4, 0.5) is 5.82 Å². The first-order chi connectivity index (χ1) is 16.7. The lowest BCUT2D eigenvalue weighted by atomic mass is 9.49. The number of piperazine rings is 1. The Labute approximate surface area is 213 Å². The van der Waals surface area contributed by atoms with Crippen molar-refractivity contribution in [2.24, 2.45) is 0 Å². The van der Waals surface area contributed by atoms with Crippen LogP contribution in [0.2, 0.25) is 0 Å². The van der Waals surface area contributed by atoms with Gasteiger partial charge in [0.1, 0.15) is 17.2 Å². The molecule has 10 nitrogen and oxygen atoms in total. The second kappa shape index (κ2) is 9.57. The molecule has 1 aliphatic heterocycles. The summed E-state index contributed by atoms with van der Waals surface area (Å²) in [5, 5.41) is 0.880. The highest BCUT2D eigenvalue weighted by Gasteiger charge is 2.30. The molecule has 1 N–H and O–H groups in total. The Morgan fingerprint density at radius 3 is 2.61 bits per heavy atom. The molecular formula is C22H24B3N5O5S. The van der Waals surface area contributed by atoms with E-state index in [0.717, 1.165) is 4.57 Å². The summed E-state index contributed by atoms with van der Waals surface area (Å²) in [4.78, 5) is 30.9. The molecule has 1 amide bonds. The molecule has 1 aliphatic rings. The second-order valence-electron chi connectivity index (χ2n) is 9.11. The molecule has 14 heteroatoms. The third kappa shape index (κ3) is 5.45. The Balaban J connectivity index is 1.77. The zero-order valence-corrected chi connectivity index (χ0v) is 21.1. The number of hydrogen-bond acceptors (Lipinski definition) is 7. The lowest BCUT2D eigenvalue weighted by molar-refractivity contribution is -0.114. The molecular weight excluding hydrogens is 479 g/mol. The van der Waals surface area contributed by atoms with Gasteiger partial charge in [-0.05, 0) is 30.7 Å². The summed E-state index contributed by atoms with van der Waals surface area (Å²) in [7, 11) is 14.3. The smallest absolute Gasteiger partial charge is 0.260 e. The maximum Gasteiger partial charge on any atom is 0.260 e. The largest absolute Gasteiger partial charge is 0.459 e. The van der Waals surface area contributed by atoms with E-state index in [1.807, 2.05) is 6.92 Å². The van der Waals surface area contributed by atoms with Crippen molar-refractivity contribution in [2.75, 3.05) is 31.2 Å². The van der Waals surface area contributed by atoms with Crippen LogP contribution in [0.15, 0.2) is 39.8 Å². The standard InChI is InChI=1S/C22H24B3N5O5S/c1-13-10-29(36(3,33)34)7-6-28(13)11-16-9-17-20(35-16)18(12-30(21(17)32)22(23,24)25)15-4-5-26-19(8-15)27-14(2)31/h4-5,8-9,12-13H,6-7,10-11H2,1-3H3,(H,26,27,31)/t13-/m1/s1. The molecule has 4 heterocycles. The molecule has 0 bridgehead atoms. The van der Waals surface area contributed by atoms with Crippen LogP contribution in [0.5, 0.6) is 0 Å². The van der Waals surface area contributed by atoms with E-state index < -0.39 is 20.8 Å². The van der Waals surface area contributed by atoms with E-state index in [0.29, 0.717) is 54.5 Å². The minimum Gasteiger partial charge on any atom is -0.459 e. The van der Waals surface area contributed by atoms with Gasteiger partial charge in [-0.3, -0.25) is 14.5 Å². The van der Waals surface area contributed by atoms with E-state index in [1.165, 1.54) is 29.9 Å². The number of hydrogen-bond donors (Lipinski definition) is 1. The van der Waals surface area contributed by atoms with Crippen molar-refractivity contribution < 1.29 is 17.6 Å². The summed E-state index contributed by atoms with van der Waals surface area (Å²) in [6.07, 6.45) is 4.12. The minimum absolute atomic E-state index is 0.0667. The van der Waals surface area contributed by atoms with Gasteiger partial charge in [0.05, 0.1) is 41.7 Å². The first-order valence-electron chi connectivity index (χ1n) is 11.2. The Morgan fingerprint density at radius 2 is 2.00 bits per heavy atom. The van der Waals surface area contributed by atoms with Crippen LogP contribution >= 0.6 is 0 Å². The quantitative estimate of drug-likeness (QED) is 0.477. The number of nitrogens with zero attached hydrogens (tertiary/aromatic N) is 4. The van der Waals surface area contributed by atoms with Crippen LogP contribution in [0.1, 0.15) is 19.6 Å². The third-order valence-corrected chi connectivity index (χ3v) is 7.35. The average Bonchev–Trinajstić information content (AvgIpc) is 3.18. The van der Waals surface area contributed by atoms with Gasteiger partial charge >= 0.3 is 0 Å². The van der Waals surface area contributed by atoms with Crippen LogP contribution < -0.4 is 10.9 Å². The minimum atomic E-state index is -3.28. The number of nitrogens with one attached hydrogen (secondary N) is 1. The number of anilines is 1. The molecule has 1 fully saturated rings. The number of amides is 1. The Bertz CT molecular complexity index is 1480. The summed E-state index contributed by atoms with van der Waals surface area (Å²) >= 11 is 0. The van der Waals surface area contributed by atoms with Gasteiger partial charge < -0.3 is 14.3 Å². The molecule has 0 spiro atoms. The zero-order chi connectivity index (χ0) is 26.4. The molecule has 36 heavy (non-hydrogen) atoms. The fourth-order valence-corrected chi connectivity index (χ4v) is 5.19. The lowest BCUT2D eigenvalue weighted by Gasteiger charge is -2.38. The summed E-state index contributed by atoms with van der Waals surface area (Å²) < 4.78 is 32.4. The van der Waals surface area contributed by atoms with Crippen LogP contribution in [0, 0.1) is 0 Å². The maximum absolute atomic E-state index is 13.2. The van der Waals surface area contributed by atoms with Gasteiger partial charge in [0, 0.05) is 50.6 Å². The SMILES string of the molecule is [B]C([B])([B])n1cc(-c2ccnc(NC(C)=O)c2)c2oc(CN3CCN(S(C)(=O)=O)C[C@H]3C)cc2c1=O. The number of aromatic nitrogens is 2. The Hall–Kier alpha value is -2.83. The first-order valence-corrected chi connectivity index (χ1v) is 13.1. The first kappa shape index (κ1) is 26.2. The van der Waals surface area contributed by atoms with Gasteiger partial charge in [-0.25, -0.2) is 13.4 Å². The monoisotopic (exact) mass is 503 g/mol. The molecule has 6 radical (unpaired) electrons. The molecule has 4 rings (SSSR count). The number of pyridine rings is 2. The lowest BCUT2D eigenvalue weighted by Crippen LogP contribution is -2.52. The Kier molecular flexibility index (Phi) is 6.97. The van der Waals surface area contributed by atoms with Crippen LogP contribution in [-0.2, 0) is 26.6 Å². The molecule has 1 saturated heterocycles. The van der Waals surface area contributed by atoms with Gasteiger partial charge in [0.15, 0.2) is 0 Å². The molecule has 0 unspecified atom stereocenters. The normalized spacial score (nSPS) is 17.9. The number of carbonyl (C=O) groups excluding carboxylic acids is 1. The van der Waals surface area contributed by atoms with Crippen molar-refractivity contribution in [1.29, 1.82) is 0 Å². The highest BCUT2D eigenvalue weighted by molar-refractivity contribution is 7.88. The van der Waals surface area contributed by atoms with Crippen molar-refractivity contribution >= 4 is 56.3 Å². The topological polar surface area (TPSA) is 118 Å². The van der Waals surface area contributed by atoms with Crippen molar-refractivity contribution in [3.05, 3.63) is 46.7 Å². The molecule has 0 aromatic carbocycles. The van der Waals surface area contributed by atoms with Crippen LogP contribution in [0.3, 0.4) is 0 Å². The van der Waals surface area contributed by atoms with Gasteiger partial charge in [-0.1, -0.05) is 5.24 Å². The van der Waals surface area contributed by atoms with E-state index in [1.54, 1.807) is 18.2 Å². The van der Waals surface area contributed by atoms with E-state index in [9.17, 15) is 18.0 Å². The van der Waals surface area contributed by atoms with Gasteiger partial charge in [0.25, 0.3) is 5.56 Å². The summed E-state index contributed by atoms with van der Waals surface area (Å²) in [6.45, 7) is 4.89. The van der Waals surface area contributed by atoms with Gasteiger partial charge in [-0.2, -0.15) is 4.31 Å². The average molecular weight is 503 g/mol. The van der Waals surface area contributed by atoms with Crippen LogP contribution in [-0.4, -0.2) is 88.6 Å². The number of fused-ring (bicyclic) bond motifs is 1. The molecule has 182 valence electrons. The molecule has 0 aliphatic carbocycles. The summed E-state index contributed by atoms with van der Waals surface area (Å²) in [5.41, 5.74) is 0.846. The maximum atomic E-state index is 13.2. The van der Waals surface area contributed by atoms with Crippen molar-refractivity contribution in [3.8, 4) is 11.1 Å². The van der Waals surface area contributed by atoms with Crippen LogP contribution in [0.25, 0.3) is 22.1 Å². The summed E-state index contributed by atoms with van der Waals surface area (Å²) in [5.74, 6) is 0.536. The Morgan fingerprint density at radius 1 is 1.28 bits per heavy atom. The molecule has 3 aromatic rings. The van der Waals surface area contributed by atoms with Crippen molar-refractivity contribution in [2.45, 2.75) is 31.7 Å². The van der Waals surface area contributed by atoms with E-state index in [-0.39, 0.29) is 17.3 Å². The van der Waals surface area contributed by atoms with Gasteiger partial charge in [0.2, 0.25) is 15.9 Å². The number of furan rings is 1. The molecule has 3 aromatic heterocycles. The van der Waals surface area contributed by atoms with Crippen molar-refractivity contribution in [1.82, 2.24) is 18.8 Å². The number of rotatable bonds is 6.